The summed E-state index contributed by atoms with van der Waals surface area (Å²) in [5.74, 6) is -0.253. The minimum absolute atomic E-state index is 0.253. The second-order valence-corrected chi connectivity index (χ2v) is 20.4. The van der Waals surface area contributed by atoms with Gasteiger partial charge in [0.25, 0.3) is 0 Å². The summed E-state index contributed by atoms with van der Waals surface area (Å²) in [6, 6.07) is -0.887. The number of ether oxygens (including phenoxy) is 6. The Morgan fingerprint density at radius 2 is 0.904 bits per heavy atom. The monoisotopic (exact) mass is 1050 g/mol. The molecule has 0 aromatic carbocycles. The van der Waals surface area contributed by atoms with Crippen molar-refractivity contribution in [1.82, 2.24) is 5.32 Å². The molecule has 0 aliphatic carbocycles. The largest absolute Gasteiger partial charge is 0.394 e. The van der Waals surface area contributed by atoms with Crippen LogP contribution in [0, 0.1) is 0 Å². The molecule has 12 N–H and O–H groups in total. The Hall–Kier alpha value is -1.73. The molecule has 3 saturated heterocycles. The van der Waals surface area contributed by atoms with E-state index < -0.39 is 124 Å². The molecule has 17 atom stereocenters. The lowest BCUT2D eigenvalue weighted by atomic mass is 9.96. The lowest BCUT2D eigenvalue weighted by Gasteiger charge is -2.48. The fraction of sp³-hybridized carbons (Fsp3) is 0.907. The lowest BCUT2D eigenvalue weighted by Crippen LogP contribution is -2.66. The molecule has 1 amide bonds. The Morgan fingerprint density at radius 3 is 1.42 bits per heavy atom. The molecule has 0 aromatic rings. The van der Waals surface area contributed by atoms with Crippen molar-refractivity contribution in [2.45, 2.75) is 285 Å². The minimum Gasteiger partial charge on any atom is -0.394 e. The maximum atomic E-state index is 13.3. The van der Waals surface area contributed by atoms with Crippen LogP contribution < -0.4 is 5.32 Å². The summed E-state index contributed by atoms with van der Waals surface area (Å²) in [5, 5.41) is 120. The second kappa shape index (κ2) is 38.8. The van der Waals surface area contributed by atoms with Crippen LogP contribution in [0.15, 0.2) is 24.3 Å². The minimum atomic E-state index is -1.97. The smallest absolute Gasteiger partial charge is 0.220 e. The molecule has 3 aliphatic rings. The zero-order valence-corrected chi connectivity index (χ0v) is 44.1. The van der Waals surface area contributed by atoms with Crippen molar-refractivity contribution >= 4 is 5.91 Å². The molecule has 3 heterocycles. The highest BCUT2D eigenvalue weighted by atomic mass is 16.8. The van der Waals surface area contributed by atoms with Gasteiger partial charge in [-0.25, -0.2) is 0 Å². The molecular weight excluding hydrogens is 951 g/mol. The van der Waals surface area contributed by atoms with Crippen LogP contribution in [0.4, 0.5) is 0 Å². The van der Waals surface area contributed by atoms with Crippen LogP contribution in [0.1, 0.15) is 181 Å². The molecule has 3 aliphatic heterocycles. The third-order valence-electron chi connectivity index (χ3n) is 14.3. The van der Waals surface area contributed by atoms with Crippen molar-refractivity contribution in [2.75, 3.05) is 26.4 Å². The van der Waals surface area contributed by atoms with E-state index in [2.05, 4.69) is 43.5 Å². The number of allylic oxidation sites excluding steroid dienone is 4. The maximum absolute atomic E-state index is 13.3. The molecule has 73 heavy (non-hydrogen) atoms. The summed E-state index contributed by atoms with van der Waals surface area (Å²) in [7, 11) is 0. The van der Waals surface area contributed by atoms with Gasteiger partial charge in [0, 0.05) is 6.42 Å². The molecular formula is C54H99NO18. The summed E-state index contributed by atoms with van der Waals surface area (Å²) in [5.41, 5.74) is 0. The summed E-state index contributed by atoms with van der Waals surface area (Å²) < 4.78 is 34.2. The first-order valence-electron chi connectivity index (χ1n) is 28.1. The standard InChI is InChI=1S/C54H99NO18/c1-3-5-7-9-11-13-15-16-17-18-19-20-22-24-26-28-30-32-42(60)55-37(38(59)31-29-27-25-23-21-14-12-10-8-6-4-2)36-68-52-48(66)45(63)50(40(34-57)70-52)73-54-49(67)46(64)51(41(35-58)71-54)72-53-47(65)44(62)43(61)39(33-56)69-53/h11,13,16-17,37-41,43-54,56-59,61-67H,3-10,12,14-15,18-36H2,1-2H3,(H,55,60)/b13-11-,17-16-. The predicted molar refractivity (Wildman–Crippen MR) is 273 cm³/mol. The molecule has 3 rings (SSSR count). The maximum Gasteiger partial charge on any atom is 0.220 e. The number of nitrogens with one attached hydrogen (secondary N) is 1. The van der Waals surface area contributed by atoms with Crippen LogP contribution in [0.2, 0.25) is 0 Å². The van der Waals surface area contributed by atoms with Gasteiger partial charge in [0.2, 0.25) is 5.91 Å². The van der Waals surface area contributed by atoms with E-state index >= 15 is 0 Å². The summed E-state index contributed by atoms with van der Waals surface area (Å²) in [6.07, 6.45) is 9.86. The van der Waals surface area contributed by atoms with Crippen LogP contribution >= 0.6 is 0 Å². The first-order chi connectivity index (χ1) is 35.3. The molecule has 19 nitrogen and oxygen atoms in total. The SMILES string of the molecule is CCCCC/C=C\C/C=C\CCCCCCCCCC(=O)NC(COC1OC(CO)C(OC2OC(CO)C(OC3OC(CO)C(O)C(O)C3O)C(O)C2O)C(O)C1O)C(O)CCCCCCCCCCCCC. The van der Waals surface area contributed by atoms with Gasteiger partial charge < -0.3 is 89.9 Å². The first-order valence-corrected chi connectivity index (χ1v) is 28.1. The third kappa shape index (κ3) is 23.8. The quantitative estimate of drug-likeness (QED) is 0.0308. The van der Waals surface area contributed by atoms with Gasteiger partial charge in [-0.05, 0) is 44.9 Å². The van der Waals surface area contributed by atoms with Gasteiger partial charge >= 0.3 is 0 Å². The number of carbonyl (C=O) groups excluding carboxylic acids is 1. The average molecular weight is 1050 g/mol. The topological polar surface area (TPSA) is 307 Å². The molecule has 0 spiro atoms. The molecule has 0 radical (unpaired) electrons. The Labute approximate surface area is 435 Å². The lowest BCUT2D eigenvalue weighted by molar-refractivity contribution is -0.379. The van der Waals surface area contributed by atoms with E-state index in [4.69, 9.17) is 28.4 Å². The highest BCUT2D eigenvalue weighted by Crippen LogP contribution is 2.33. The van der Waals surface area contributed by atoms with Crippen LogP contribution in [-0.4, -0.2) is 193 Å². The van der Waals surface area contributed by atoms with Crippen LogP contribution in [0.5, 0.6) is 0 Å². The summed E-state index contributed by atoms with van der Waals surface area (Å²) in [4.78, 5) is 13.3. The number of rotatable bonds is 40. The molecule has 3 fully saturated rings. The third-order valence-corrected chi connectivity index (χ3v) is 14.3. The van der Waals surface area contributed by atoms with E-state index in [9.17, 15) is 61.0 Å². The predicted octanol–water partition coefficient (Wildman–Crippen LogP) is 3.59. The van der Waals surface area contributed by atoms with Crippen LogP contribution in [0.3, 0.4) is 0 Å². The highest BCUT2D eigenvalue weighted by Gasteiger charge is 2.53. The number of hydrogen-bond acceptors (Lipinski definition) is 18. The highest BCUT2D eigenvalue weighted by molar-refractivity contribution is 5.76. The number of aliphatic hydroxyl groups is 11. The van der Waals surface area contributed by atoms with Gasteiger partial charge in [0.15, 0.2) is 18.9 Å². The van der Waals surface area contributed by atoms with E-state index in [0.717, 1.165) is 77.0 Å². The molecule has 19 heteroatoms. The molecule has 0 bridgehead atoms. The fourth-order valence-corrected chi connectivity index (χ4v) is 9.58. The van der Waals surface area contributed by atoms with Crippen LogP contribution in [-0.2, 0) is 33.2 Å². The number of amides is 1. The zero-order valence-electron chi connectivity index (χ0n) is 44.1. The van der Waals surface area contributed by atoms with Crippen molar-refractivity contribution in [3.8, 4) is 0 Å². The van der Waals surface area contributed by atoms with E-state index in [-0.39, 0.29) is 18.9 Å². The number of hydrogen-bond donors (Lipinski definition) is 12. The van der Waals surface area contributed by atoms with Crippen molar-refractivity contribution in [3.05, 3.63) is 24.3 Å². The van der Waals surface area contributed by atoms with Gasteiger partial charge in [-0.3, -0.25) is 4.79 Å². The number of carbonyl (C=O) groups is 1. The first kappa shape index (κ1) is 65.6. The second-order valence-electron chi connectivity index (χ2n) is 20.4. The van der Waals surface area contributed by atoms with Crippen molar-refractivity contribution in [3.63, 3.8) is 0 Å². The summed E-state index contributed by atoms with van der Waals surface area (Å²) >= 11 is 0. The number of unbranched alkanes of at least 4 members (excludes halogenated alkanes) is 20. The molecule has 17 unspecified atom stereocenters. The molecule has 0 saturated carbocycles. The molecule has 0 aromatic heterocycles. The normalized spacial score (nSPS) is 31.9. The molecule has 428 valence electrons. The van der Waals surface area contributed by atoms with Crippen molar-refractivity contribution in [2.24, 2.45) is 0 Å². The fourth-order valence-electron chi connectivity index (χ4n) is 9.58. The van der Waals surface area contributed by atoms with Crippen molar-refractivity contribution < 1.29 is 89.4 Å². The van der Waals surface area contributed by atoms with E-state index in [1.807, 2.05) is 0 Å². The Bertz CT molecular complexity index is 1440. The number of aliphatic hydroxyl groups excluding tert-OH is 11. The Balaban J connectivity index is 1.51. The summed E-state index contributed by atoms with van der Waals surface area (Å²) in [6.45, 7) is 1.72. The van der Waals surface area contributed by atoms with E-state index in [0.29, 0.717) is 12.8 Å². The van der Waals surface area contributed by atoms with Gasteiger partial charge in [0.05, 0.1) is 38.6 Å². The van der Waals surface area contributed by atoms with Gasteiger partial charge in [-0.15, -0.1) is 0 Å². The Morgan fingerprint density at radius 1 is 0.493 bits per heavy atom. The average Bonchev–Trinajstić information content (AvgIpc) is 3.39. The van der Waals surface area contributed by atoms with Gasteiger partial charge in [-0.2, -0.15) is 0 Å². The van der Waals surface area contributed by atoms with Gasteiger partial charge in [-0.1, -0.05) is 154 Å². The Kier molecular flexibility index (Phi) is 34.8. The van der Waals surface area contributed by atoms with Crippen molar-refractivity contribution in [1.29, 1.82) is 0 Å². The zero-order chi connectivity index (χ0) is 53.4. The van der Waals surface area contributed by atoms with Gasteiger partial charge in [0.1, 0.15) is 73.2 Å². The van der Waals surface area contributed by atoms with E-state index in [1.165, 1.54) is 70.6 Å². The van der Waals surface area contributed by atoms with Crippen LogP contribution in [0.25, 0.3) is 0 Å². The van der Waals surface area contributed by atoms with E-state index in [1.54, 1.807) is 0 Å².